The van der Waals surface area contributed by atoms with Crippen molar-refractivity contribution in [3.63, 3.8) is 0 Å². The number of anilines is 1. The summed E-state index contributed by atoms with van der Waals surface area (Å²) in [6.45, 7) is 4.88. The summed E-state index contributed by atoms with van der Waals surface area (Å²) in [4.78, 5) is 14.9. The van der Waals surface area contributed by atoms with Crippen LogP contribution in [0.25, 0.3) is 16.9 Å². The molecule has 5 heterocycles. The molecule has 0 saturated carbocycles. The quantitative estimate of drug-likeness (QED) is 0.344. The molecule has 1 aliphatic heterocycles. The predicted octanol–water partition coefficient (Wildman–Crippen LogP) is 4.80. The van der Waals surface area contributed by atoms with E-state index in [4.69, 9.17) is 9.47 Å². The van der Waals surface area contributed by atoms with Crippen LogP contribution in [0.15, 0.2) is 55.0 Å². The Morgan fingerprint density at radius 2 is 1.85 bits per heavy atom. The van der Waals surface area contributed by atoms with Crippen LogP contribution in [-0.2, 0) is 0 Å². The zero-order valence-corrected chi connectivity index (χ0v) is 21.6. The molecule has 0 atom stereocenters. The fourth-order valence-corrected chi connectivity index (χ4v) is 4.43. The van der Waals surface area contributed by atoms with E-state index in [0.717, 1.165) is 37.3 Å². The van der Waals surface area contributed by atoms with Gasteiger partial charge in [0.2, 0.25) is 0 Å². The van der Waals surface area contributed by atoms with Gasteiger partial charge in [-0.15, -0.1) is 0 Å². The van der Waals surface area contributed by atoms with Crippen molar-refractivity contribution in [3.05, 3.63) is 66.4 Å². The number of fused-ring (bicyclic) bond motifs is 1. The smallest absolute Gasteiger partial charge is 0.280 e. The van der Waals surface area contributed by atoms with Crippen LogP contribution in [0.5, 0.6) is 11.5 Å². The number of ether oxygens (including phenoxy) is 2. The van der Waals surface area contributed by atoms with Crippen LogP contribution >= 0.6 is 0 Å². The van der Waals surface area contributed by atoms with Crippen molar-refractivity contribution in [1.29, 1.82) is 5.26 Å². The number of piperidine rings is 1. The largest absolute Gasteiger partial charge is 0.490 e. The lowest BCUT2D eigenvalue weighted by atomic mass is 10.1. The van der Waals surface area contributed by atoms with Crippen LogP contribution in [0.1, 0.15) is 44.5 Å². The Labute approximate surface area is 224 Å². The monoisotopic (exact) mass is 534 g/mol. The van der Waals surface area contributed by atoms with E-state index in [9.17, 15) is 19.1 Å². The van der Waals surface area contributed by atoms with E-state index < -0.39 is 12.0 Å². The molecule has 39 heavy (non-hydrogen) atoms. The molecule has 1 saturated heterocycles. The van der Waals surface area contributed by atoms with Gasteiger partial charge in [0.1, 0.15) is 53.1 Å². The van der Waals surface area contributed by atoms with Gasteiger partial charge in [-0.05, 0) is 38.1 Å². The summed E-state index contributed by atoms with van der Waals surface area (Å²) in [5.41, 5.74) is 1.16. The van der Waals surface area contributed by atoms with E-state index in [1.165, 1.54) is 24.5 Å². The molecule has 0 aliphatic carbocycles. The number of aliphatic hydroxyl groups is 1. The first-order valence-electron chi connectivity index (χ1n) is 12.6. The number of aromatic nitrogens is 4. The van der Waals surface area contributed by atoms with Gasteiger partial charge in [0, 0.05) is 49.8 Å². The third-order valence-electron chi connectivity index (χ3n) is 6.38. The normalized spacial score (nSPS) is 14.5. The summed E-state index contributed by atoms with van der Waals surface area (Å²) in [7, 11) is 0. The second-order valence-corrected chi connectivity index (χ2v) is 10.1. The Kier molecular flexibility index (Phi) is 7.30. The van der Waals surface area contributed by atoms with E-state index in [0.29, 0.717) is 28.5 Å². The van der Waals surface area contributed by atoms with Crippen LogP contribution < -0.4 is 14.4 Å². The number of pyridine rings is 3. The molecular weight excluding hydrogens is 506 g/mol. The van der Waals surface area contributed by atoms with Crippen LogP contribution in [-0.4, -0.2) is 55.9 Å². The zero-order valence-electron chi connectivity index (χ0n) is 21.6. The van der Waals surface area contributed by atoms with E-state index in [-0.39, 0.29) is 18.4 Å². The average molecular weight is 535 g/mol. The second kappa shape index (κ2) is 10.8. The minimum Gasteiger partial charge on any atom is -0.490 e. The SMILES string of the molecule is CC(C)(O)COc1cc(-c2ccc(N3CCC(Oc4ccc(C(F)F)nc4)CC3)nc2)n2c(C#N)cnc2c1. The van der Waals surface area contributed by atoms with Crippen molar-refractivity contribution >= 4 is 11.5 Å². The molecule has 5 rings (SSSR count). The number of imidazole rings is 1. The Bertz CT molecular complexity index is 1470. The van der Waals surface area contributed by atoms with Crippen molar-refractivity contribution in [2.75, 3.05) is 24.6 Å². The highest BCUT2D eigenvalue weighted by atomic mass is 19.3. The Morgan fingerprint density at radius 3 is 2.46 bits per heavy atom. The first kappa shape index (κ1) is 26.3. The molecule has 0 spiro atoms. The highest BCUT2D eigenvalue weighted by molar-refractivity contribution is 5.68. The molecule has 0 unspecified atom stereocenters. The molecule has 9 nitrogen and oxygen atoms in total. The first-order valence-corrected chi connectivity index (χ1v) is 12.6. The lowest BCUT2D eigenvalue weighted by Gasteiger charge is -2.33. The summed E-state index contributed by atoms with van der Waals surface area (Å²) < 4.78 is 38.9. The topological polar surface area (TPSA) is 109 Å². The van der Waals surface area contributed by atoms with E-state index >= 15 is 0 Å². The molecular formula is C28H28F2N6O3. The highest BCUT2D eigenvalue weighted by Gasteiger charge is 2.22. The number of alkyl halides is 2. The second-order valence-electron chi connectivity index (χ2n) is 10.1. The third-order valence-corrected chi connectivity index (χ3v) is 6.38. The number of halogens is 2. The third kappa shape index (κ3) is 6.07. The molecule has 0 amide bonds. The van der Waals surface area contributed by atoms with Gasteiger partial charge < -0.3 is 19.5 Å². The van der Waals surface area contributed by atoms with E-state index in [1.807, 2.05) is 18.2 Å². The number of nitriles is 1. The Hall–Kier alpha value is -4.30. The maximum atomic E-state index is 12.7. The zero-order chi connectivity index (χ0) is 27.6. The lowest BCUT2D eigenvalue weighted by Crippen LogP contribution is -2.38. The maximum absolute atomic E-state index is 12.7. The van der Waals surface area contributed by atoms with Crippen molar-refractivity contribution in [3.8, 4) is 28.8 Å². The summed E-state index contributed by atoms with van der Waals surface area (Å²) in [6.07, 6.45) is 3.47. The molecule has 1 aliphatic rings. The van der Waals surface area contributed by atoms with Crippen molar-refractivity contribution in [2.24, 2.45) is 0 Å². The molecule has 4 aromatic heterocycles. The van der Waals surface area contributed by atoms with Gasteiger partial charge in [-0.3, -0.25) is 9.38 Å². The van der Waals surface area contributed by atoms with E-state index in [2.05, 4.69) is 25.9 Å². The Morgan fingerprint density at radius 1 is 1.05 bits per heavy atom. The van der Waals surface area contributed by atoms with Gasteiger partial charge >= 0.3 is 0 Å². The van der Waals surface area contributed by atoms with Gasteiger partial charge in [-0.25, -0.2) is 18.7 Å². The molecule has 0 bridgehead atoms. The summed E-state index contributed by atoms with van der Waals surface area (Å²) in [5, 5.41) is 19.7. The highest BCUT2D eigenvalue weighted by Crippen LogP contribution is 2.30. The van der Waals surface area contributed by atoms with Crippen LogP contribution in [0.2, 0.25) is 0 Å². The summed E-state index contributed by atoms with van der Waals surface area (Å²) in [5.74, 6) is 1.83. The average Bonchev–Trinajstić information content (AvgIpc) is 3.35. The van der Waals surface area contributed by atoms with Crippen LogP contribution in [0.4, 0.5) is 14.6 Å². The Balaban J connectivity index is 1.29. The number of hydrogen-bond acceptors (Lipinski definition) is 8. The molecule has 4 aromatic rings. The van der Waals surface area contributed by atoms with Gasteiger partial charge in [0.05, 0.1) is 23.7 Å². The minimum absolute atomic E-state index is 0.0368. The van der Waals surface area contributed by atoms with Gasteiger partial charge in [0.25, 0.3) is 6.43 Å². The number of hydrogen-bond donors (Lipinski definition) is 1. The minimum atomic E-state index is -2.60. The first-order chi connectivity index (χ1) is 18.7. The standard InChI is InChI=1S/C28H28F2N6O3/c1-28(2,37)17-38-22-11-24(36-19(13-31)15-34-26(36)12-22)18-3-6-25(33-14-18)35-9-7-20(8-10-35)39-21-4-5-23(27(29)30)32-16-21/h3-6,11-12,14-16,20,27,37H,7-10,17H2,1-2H3. The fourth-order valence-electron chi connectivity index (χ4n) is 4.43. The number of rotatable bonds is 8. The molecule has 0 radical (unpaired) electrons. The maximum Gasteiger partial charge on any atom is 0.280 e. The number of nitrogens with zero attached hydrogens (tertiary/aromatic N) is 6. The van der Waals surface area contributed by atoms with Gasteiger partial charge in [0.15, 0.2) is 0 Å². The molecule has 0 aromatic carbocycles. The summed E-state index contributed by atoms with van der Waals surface area (Å²) in [6, 6.07) is 12.4. The molecule has 11 heteroatoms. The van der Waals surface area contributed by atoms with Gasteiger partial charge in [-0.2, -0.15) is 5.26 Å². The van der Waals surface area contributed by atoms with Crippen molar-refractivity contribution in [1.82, 2.24) is 19.4 Å². The van der Waals surface area contributed by atoms with Crippen LogP contribution in [0.3, 0.4) is 0 Å². The fraction of sp³-hybridized carbons (Fsp3) is 0.357. The lowest BCUT2D eigenvalue weighted by molar-refractivity contribution is 0.0285. The summed E-state index contributed by atoms with van der Waals surface area (Å²) >= 11 is 0. The predicted molar refractivity (Wildman–Crippen MR) is 140 cm³/mol. The van der Waals surface area contributed by atoms with Gasteiger partial charge in [-0.1, -0.05) is 0 Å². The van der Waals surface area contributed by atoms with E-state index in [1.54, 1.807) is 30.5 Å². The van der Waals surface area contributed by atoms with Crippen LogP contribution in [0, 0.1) is 11.3 Å². The molecule has 1 fully saturated rings. The van der Waals surface area contributed by atoms with Crippen molar-refractivity contribution < 1.29 is 23.4 Å². The van der Waals surface area contributed by atoms with Crippen molar-refractivity contribution in [2.45, 2.75) is 44.8 Å². The molecule has 1 N–H and O–H groups in total. The molecule has 202 valence electrons.